The maximum Gasteiger partial charge on any atom is 0.230 e. The molecular formula is C56H78N2O3Y2-2. The van der Waals surface area contributed by atoms with Crippen LogP contribution in [0, 0.1) is 17.4 Å². The Morgan fingerprint density at radius 2 is 0.794 bits per heavy atom. The van der Waals surface area contributed by atoms with Crippen LogP contribution in [0.15, 0.2) is 120 Å². The third kappa shape index (κ3) is 16.1. The summed E-state index contributed by atoms with van der Waals surface area (Å²) in [6.07, 6.45) is 0.935. The Bertz CT molecular complexity index is 2060. The average Bonchev–Trinajstić information content (AvgIpc) is 3.77. The van der Waals surface area contributed by atoms with Gasteiger partial charge in [-0.1, -0.05) is 182 Å². The van der Waals surface area contributed by atoms with Crippen molar-refractivity contribution in [2.45, 2.75) is 142 Å². The summed E-state index contributed by atoms with van der Waals surface area (Å²) >= 11 is 0. The van der Waals surface area contributed by atoms with Crippen molar-refractivity contribution in [1.29, 1.82) is 0 Å². The molecular weight excluding hydrogens is 926 g/mol. The standard InChI is InChI=1S/C24H26NO.C23H27NO.4C2H6.CHO.2Y/c1-16-17(2)21(20-15-11-10-14-19(16)20)23(3,4)22(26)25-24(5,6)18-12-8-7-9-13-18;1-16-15-17-11-9-10-14-19(17)20(16)22(2,3)21(25)24-23(4,5)18-12-7-6-8-13-18;5*1-2;;/h1,7-15H,2-6H3,(H,25,26);6-14H,15H2,1-5H3,(H,24,25);4*1-2H3;1H;;/q-1;;;;;;-1;;. The Kier molecular flexibility index (Phi) is 30.8. The Hall–Kier alpha value is -3.08. The van der Waals surface area contributed by atoms with E-state index in [9.17, 15) is 9.59 Å². The Labute approximate surface area is 435 Å². The predicted molar refractivity (Wildman–Crippen MR) is 264 cm³/mol. The van der Waals surface area contributed by atoms with E-state index in [1.807, 2.05) is 177 Å². The van der Waals surface area contributed by atoms with Crippen LogP contribution in [0.25, 0.3) is 16.7 Å². The quantitative estimate of drug-likeness (QED) is 0.136. The minimum atomic E-state index is -0.701. The zero-order valence-corrected chi connectivity index (χ0v) is 47.8. The molecule has 63 heavy (non-hydrogen) atoms. The van der Waals surface area contributed by atoms with Crippen LogP contribution in [-0.2, 0) is 97.3 Å². The second-order valence-corrected chi connectivity index (χ2v) is 16.1. The summed E-state index contributed by atoms with van der Waals surface area (Å²) < 4.78 is 0. The van der Waals surface area contributed by atoms with Crippen molar-refractivity contribution in [3.63, 3.8) is 0 Å². The molecule has 0 saturated carbocycles. The van der Waals surface area contributed by atoms with Crippen molar-refractivity contribution >= 4 is 35.3 Å². The van der Waals surface area contributed by atoms with Gasteiger partial charge in [0.1, 0.15) is 0 Å². The number of rotatable bonds is 8. The molecule has 6 rings (SSSR count). The molecule has 4 aromatic rings. The van der Waals surface area contributed by atoms with E-state index in [4.69, 9.17) is 11.4 Å². The fourth-order valence-electron chi connectivity index (χ4n) is 7.63. The van der Waals surface area contributed by atoms with Crippen molar-refractivity contribution in [3.8, 4) is 0 Å². The summed E-state index contributed by atoms with van der Waals surface area (Å²) in [5.74, 6) is 0.0533. The summed E-state index contributed by atoms with van der Waals surface area (Å²) in [6, 6.07) is 36.6. The van der Waals surface area contributed by atoms with Crippen LogP contribution in [-0.4, -0.2) is 18.6 Å². The molecule has 7 heteroatoms. The molecule has 2 radical (unpaired) electrons. The molecule has 2 amide bonds. The molecule has 0 fully saturated rings. The van der Waals surface area contributed by atoms with E-state index in [2.05, 4.69) is 74.6 Å². The minimum absolute atomic E-state index is 0. The Balaban J connectivity index is -0.000000930. The third-order valence-corrected chi connectivity index (χ3v) is 10.7. The third-order valence-electron chi connectivity index (χ3n) is 10.7. The molecule has 0 heterocycles. The van der Waals surface area contributed by atoms with Gasteiger partial charge >= 0.3 is 0 Å². The molecule has 0 atom stereocenters. The van der Waals surface area contributed by atoms with Crippen molar-refractivity contribution in [2.75, 3.05) is 0 Å². The summed E-state index contributed by atoms with van der Waals surface area (Å²) in [6.45, 7) is 45.9. The first-order chi connectivity index (χ1) is 28.9. The maximum absolute atomic E-state index is 13.3. The number of benzene rings is 4. The van der Waals surface area contributed by atoms with Crippen molar-refractivity contribution in [1.82, 2.24) is 10.6 Å². The van der Waals surface area contributed by atoms with Gasteiger partial charge in [0.25, 0.3) is 0 Å². The number of carbonyl (C=O) groups excluding carboxylic acids is 3. The molecule has 2 N–H and O–H groups in total. The minimum Gasteiger partial charge on any atom is -0.545 e. The van der Waals surface area contributed by atoms with E-state index >= 15 is 0 Å². The van der Waals surface area contributed by atoms with Crippen molar-refractivity contribution in [2.24, 2.45) is 10.8 Å². The van der Waals surface area contributed by atoms with Crippen LogP contribution in [0.5, 0.6) is 0 Å². The predicted octanol–water partition coefficient (Wildman–Crippen LogP) is 14.3. The number of carbonyl (C=O) groups is 2. The molecule has 0 spiro atoms. The maximum atomic E-state index is 13.3. The van der Waals surface area contributed by atoms with Gasteiger partial charge in [-0.05, 0) is 96.6 Å². The second-order valence-electron chi connectivity index (χ2n) is 16.1. The fourth-order valence-corrected chi connectivity index (χ4v) is 7.63. The molecule has 0 saturated heterocycles. The first-order valence-electron chi connectivity index (χ1n) is 22.1. The summed E-state index contributed by atoms with van der Waals surface area (Å²) in [4.78, 5) is 34.3. The number of amides is 2. The topological polar surface area (TPSA) is 75.3 Å². The smallest absolute Gasteiger partial charge is 0.230 e. The molecule has 0 aromatic heterocycles. The van der Waals surface area contributed by atoms with Gasteiger partial charge in [-0.15, -0.1) is 17.2 Å². The zero-order chi connectivity index (χ0) is 47.4. The Morgan fingerprint density at radius 1 is 0.476 bits per heavy atom. The summed E-state index contributed by atoms with van der Waals surface area (Å²) in [5, 5.41) is 6.50. The number of hydrogen-bond acceptors (Lipinski definition) is 3. The van der Waals surface area contributed by atoms with Crippen LogP contribution >= 0.6 is 0 Å². The van der Waals surface area contributed by atoms with Crippen molar-refractivity contribution in [3.05, 3.63) is 160 Å². The number of fused-ring (bicyclic) bond motifs is 2. The van der Waals surface area contributed by atoms with E-state index in [1.165, 1.54) is 22.3 Å². The largest absolute Gasteiger partial charge is 0.545 e. The van der Waals surface area contributed by atoms with Gasteiger partial charge in [-0.3, -0.25) is 16.4 Å². The van der Waals surface area contributed by atoms with Crippen LogP contribution < -0.4 is 10.6 Å². The molecule has 0 aliphatic heterocycles. The van der Waals surface area contributed by atoms with Gasteiger partial charge in [-0.25, -0.2) is 6.58 Å². The molecule has 0 bridgehead atoms. The molecule has 0 unspecified atom stereocenters. The molecule has 5 nitrogen and oxygen atoms in total. The normalized spacial score (nSPS) is 12.1. The van der Waals surface area contributed by atoms with E-state index < -0.39 is 21.9 Å². The summed E-state index contributed by atoms with van der Waals surface area (Å²) in [7, 11) is 0. The van der Waals surface area contributed by atoms with Gasteiger partial charge < -0.3 is 15.4 Å². The van der Waals surface area contributed by atoms with Crippen LogP contribution in [0.1, 0.15) is 158 Å². The number of allylic oxidation sites excluding steroid dienone is 3. The van der Waals surface area contributed by atoms with Gasteiger partial charge in [0.05, 0.1) is 21.9 Å². The fraction of sp³-hybridized carbons (Fsp3) is 0.411. The first kappa shape index (κ1) is 64.2. The van der Waals surface area contributed by atoms with Crippen LogP contribution in [0.2, 0.25) is 0 Å². The summed E-state index contributed by atoms with van der Waals surface area (Å²) in [5.41, 5.74) is 9.86. The van der Waals surface area contributed by atoms with Crippen LogP contribution in [0.3, 0.4) is 0 Å². The van der Waals surface area contributed by atoms with E-state index in [0.29, 0.717) is 0 Å². The molecule has 4 aromatic carbocycles. The average molecular weight is 1010 g/mol. The van der Waals surface area contributed by atoms with E-state index in [1.54, 1.807) is 0 Å². The van der Waals surface area contributed by atoms with E-state index in [0.717, 1.165) is 45.4 Å². The van der Waals surface area contributed by atoms with Gasteiger partial charge in [0.2, 0.25) is 11.8 Å². The first-order valence-corrected chi connectivity index (χ1v) is 22.1. The second kappa shape index (κ2) is 30.2. The number of nitrogens with one attached hydrogen (secondary N) is 2. The SMILES string of the molecule is CC.CC.CC.CC.CC1=C(C(C)(C)C(=O)NC(C)(C)c2ccccc2)c2ccccc2C1.[CH-]=C1C(C)=C(C(C)(C)C(=O)NC(C)(C)c2ccccc2)c2ccccc21.[CH-]=O.[Y].[Y]. The van der Waals surface area contributed by atoms with Gasteiger partial charge in [0, 0.05) is 65.4 Å². The molecule has 2 aliphatic rings. The zero-order valence-electron chi connectivity index (χ0n) is 42.1. The van der Waals surface area contributed by atoms with Gasteiger partial charge in [0.15, 0.2) is 0 Å². The monoisotopic (exact) mass is 1000 g/mol. The number of hydrogen-bond donors (Lipinski definition) is 2. The van der Waals surface area contributed by atoms with Crippen molar-refractivity contribution < 1.29 is 79.8 Å². The van der Waals surface area contributed by atoms with Gasteiger partial charge in [-0.2, -0.15) is 5.57 Å². The molecule has 2 aliphatic carbocycles. The van der Waals surface area contributed by atoms with E-state index in [-0.39, 0.29) is 77.2 Å². The molecule has 338 valence electrons. The van der Waals surface area contributed by atoms with Crippen LogP contribution in [0.4, 0.5) is 0 Å². The Morgan fingerprint density at radius 3 is 1.19 bits per heavy atom.